The second kappa shape index (κ2) is 4.03. The van der Waals surface area contributed by atoms with E-state index in [1.54, 1.807) is 0 Å². The number of halogens is 3. The molecule has 13 heavy (non-hydrogen) atoms. The van der Waals surface area contributed by atoms with Crippen LogP contribution in [-0.4, -0.2) is 11.2 Å². The summed E-state index contributed by atoms with van der Waals surface area (Å²) in [6.45, 7) is 1.47. The monoisotopic (exact) mass is 206 g/mol. The molecule has 0 aliphatic carbocycles. The topological polar surface area (TPSA) is 20.2 Å². The van der Waals surface area contributed by atoms with Crippen LogP contribution in [0.3, 0.4) is 0 Å². The molecule has 1 aromatic carbocycles. The number of benzene rings is 1. The number of rotatable bonds is 2. The lowest BCUT2D eigenvalue weighted by atomic mass is 10.1. The summed E-state index contributed by atoms with van der Waals surface area (Å²) in [6, 6.07) is 2.06. The minimum atomic E-state index is -0.773. The largest absolute Gasteiger partial charge is 0.393 e. The lowest BCUT2D eigenvalue weighted by Crippen LogP contribution is -2.08. The van der Waals surface area contributed by atoms with E-state index in [4.69, 9.17) is 16.7 Å². The molecule has 1 N–H and O–H groups in total. The van der Waals surface area contributed by atoms with Crippen LogP contribution in [0.1, 0.15) is 12.5 Å². The first-order valence-electron chi connectivity index (χ1n) is 3.82. The van der Waals surface area contributed by atoms with Crippen LogP contribution < -0.4 is 0 Å². The summed E-state index contributed by atoms with van der Waals surface area (Å²) in [7, 11) is 0. The Labute approximate surface area is 80.0 Å². The quantitative estimate of drug-likeness (QED) is 0.789. The molecule has 1 aromatic rings. The van der Waals surface area contributed by atoms with Crippen LogP contribution in [-0.2, 0) is 6.42 Å². The van der Waals surface area contributed by atoms with Crippen LogP contribution in [0.4, 0.5) is 8.78 Å². The Morgan fingerprint density at radius 1 is 1.38 bits per heavy atom. The fourth-order valence-corrected chi connectivity index (χ4v) is 1.25. The van der Waals surface area contributed by atoms with E-state index in [-0.39, 0.29) is 17.0 Å². The number of aliphatic hydroxyl groups excluding tert-OH is 1. The number of hydrogen-bond acceptors (Lipinski definition) is 1. The lowest BCUT2D eigenvalue weighted by molar-refractivity contribution is 0.192. The van der Waals surface area contributed by atoms with Crippen molar-refractivity contribution in [3.8, 4) is 0 Å². The second-order valence-corrected chi connectivity index (χ2v) is 3.34. The molecular weight excluding hydrogens is 198 g/mol. The lowest BCUT2D eigenvalue weighted by Gasteiger charge is -2.07. The highest BCUT2D eigenvalue weighted by atomic mass is 35.5. The van der Waals surface area contributed by atoms with E-state index in [9.17, 15) is 8.78 Å². The van der Waals surface area contributed by atoms with Crippen molar-refractivity contribution in [3.05, 3.63) is 34.4 Å². The van der Waals surface area contributed by atoms with Gasteiger partial charge in [-0.15, -0.1) is 0 Å². The smallest absolute Gasteiger partial charge is 0.130 e. The van der Waals surface area contributed by atoms with Gasteiger partial charge in [-0.25, -0.2) is 8.78 Å². The molecule has 0 saturated heterocycles. The van der Waals surface area contributed by atoms with Crippen molar-refractivity contribution in [2.45, 2.75) is 19.4 Å². The zero-order valence-corrected chi connectivity index (χ0v) is 7.78. The van der Waals surface area contributed by atoms with Crippen LogP contribution in [0.25, 0.3) is 0 Å². The molecule has 0 bridgehead atoms. The SMILES string of the molecule is CC(O)Cc1c(F)cc(Cl)cc1F. The standard InChI is InChI=1S/C9H9ClF2O/c1-5(13)2-7-8(11)3-6(10)4-9(7)12/h3-5,13H,2H2,1H3. The summed E-state index contributed by atoms with van der Waals surface area (Å²) in [4.78, 5) is 0. The van der Waals surface area contributed by atoms with E-state index in [0.29, 0.717) is 0 Å². The summed E-state index contributed by atoms with van der Waals surface area (Å²) in [5.41, 5.74) is -0.126. The average molecular weight is 207 g/mol. The van der Waals surface area contributed by atoms with Gasteiger partial charge in [0, 0.05) is 17.0 Å². The molecule has 1 nitrogen and oxygen atoms in total. The zero-order valence-electron chi connectivity index (χ0n) is 7.02. The maximum absolute atomic E-state index is 13.0. The summed E-state index contributed by atoms with van der Waals surface area (Å²) < 4.78 is 26.1. The number of hydrogen-bond donors (Lipinski definition) is 1. The van der Waals surface area contributed by atoms with E-state index in [1.165, 1.54) is 6.92 Å². The van der Waals surface area contributed by atoms with Gasteiger partial charge in [-0.3, -0.25) is 0 Å². The Morgan fingerprint density at radius 2 is 1.85 bits per heavy atom. The third kappa shape index (κ3) is 2.64. The number of aliphatic hydroxyl groups is 1. The first-order valence-corrected chi connectivity index (χ1v) is 4.20. The molecule has 0 saturated carbocycles. The van der Waals surface area contributed by atoms with Crippen molar-refractivity contribution in [2.24, 2.45) is 0 Å². The molecule has 1 atom stereocenters. The molecule has 0 spiro atoms. The van der Waals surface area contributed by atoms with Gasteiger partial charge in [0.15, 0.2) is 0 Å². The molecule has 0 fully saturated rings. The first kappa shape index (κ1) is 10.4. The fourth-order valence-electron chi connectivity index (χ4n) is 1.06. The Kier molecular flexibility index (Phi) is 3.22. The van der Waals surface area contributed by atoms with E-state index in [2.05, 4.69) is 0 Å². The Morgan fingerprint density at radius 3 is 2.23 bits per heavy atom. The molecule has 4 heteroatoms. The molecule has 0 heterocycles. The van der Waals surface area contributed by atoms with E-state index in [1.807, 2.05) is 0 Å². The molecule has 1 unspecified atom stereocenters. The van der Waals surface area contributed by atoms with E-state index >= 15 is 0 Å². The van der Waals surface area contributed by atoms with Crippen molar-refractivity contribution in [1.29, 1.82) is 0 Å². The third-order valence-corrected chi connectivity index (χ3v) is 1.82. The van der Waals surface area contributed by atoms with Gasteiger partial charge in [0.05, 0.1) is 6.10 Å². The molecule has 1 rings (SSSR count). The average Bonchev–Trinajstić information content (AvgIpc) is 1.96. The minimum absolute atomic E-state index is 0.0179. The molecule has 0 amide bonds. The molecule has 0 aliphatic rings. The van der Waals surface area contributed by atoms with Gasteiger partial charge in [0.1, 0.15) is 11.6 Å². The van der Waals surface area contributed by atoms with Gasteiger partial charge in [-0.05, 0) is 19.1 Å². The van der Waals surface area contributed by atoms with Crippen molar-refractivity contribution in [2.75, 3.05) is 0 Å². The maximum atomic E-state index is 13.0. The van der Waals surface area contributed by atoms with Gasteiger partial charge in [-0.1, -0.05) is 11.6 Å². The highest BCUT2D eigenvalue weighted by molar-refractivity contribution is 6.30. The molecular formula is C9H9ClF2O. The molecule has 0 aliphatic heterocycles. The van der Waals surface area contributed by atoms with Crippen LogP contribution in [0.2, 0.25) is 5.02 Å². The van der Waals surface area contributed by atoms with Gasteiger partial charge < -0.3 is 5.11 Å². The normalized spacial score (nSPS) is 13.0. The molecule has 0 radical (unpaired) electrons. The third-order valence-electron chi connectivity index (χ3n) is 1.61. The van der Waals surface area contributed by atoms with Gasteiger partial charge in [0.2, 0.25) is 0 Å². The van der Waals surface area contributed by atoms with Crippen molar-refractivity contribution < 1.29 is 13.9 Å². The van der Waals surface area contributed by atoms with E-state index in [0.717, 1.165) is 12.1 Å². The fraction of sp³-hybridized carbons (Fsp3) is 0.333. The minimum Gasteiger partial charge on any atom is -0.393 e. The van der Waals surface area contributed by atoms with Crippen molar-refractivity contribution >= 4 is 11.6 Å². The Bertz CT molecular complexity index is 289. The predicted molar refractivity (Wildman–Crippen MR) is 46.8 cm³/mol. The second-order valence-electron chi connectivity index (χ2n) is 2.90. The zero-order chi connectivity index (χ0) is 10.0. The maximum Gasteiger partial charge on any atom is 0.130 e. The van der Waals surface area contributed by atoms with Crippen LogP contribution in [0.15, 0.2) is 12.1 Å². The van der Waals surface area contributed by atoms with Gasteiger partial charge in [0.25, 0.3) is 0 Å². The first-order chi connectivity index (χ1) is 6.00. The van der Waals surface area contributed by atoms with Crippen molar-refractivity contribution in [1.82, 2.24) is 0 Å². The van der Waals surface area contributed by atoms with E-state index < -0.39 is 17.7 Å². The van der Waals surface area contributed by atoms with Gasteiger partial charge >= 0.3 is 0 Å². The summed E-state index contributed by atoms with van der Waals surface area (Å²) in [5.74, 6) is -1.43. The van der Waals surface area contributed by atoms with Crippen LogP contribution >= 0.6 is 11.6 Å². The Hall–Kier alpha value is -0.670. The highest BCUT2D eigenvalue weighted by Crippen LogP contribution is 2.19. The van der Waals surface area contributed by atoms with Crippen LogP contribution in [0.5, 0.6) is 0 Å². The van der Waals surface area contributed by atoms with Crippen LogP contribution in [0, 0.1) is 11.6 Å². The van der Waals surface area contributed by atoms with Gasteiger partial charge in [-0.2, -0.15) is 0 Å². The summed E-state index contributed by atoms with van der Waals surface area (Å²) >= 11 is 5.42. The highest BCUT2D eigenvalue weighted by Gasteiger charge is 2.12. The summed E-state index contributed by atoms with van der Waals surface area (Å²) in [6.07, 6.45) is -0.820. The van der Waals surface area contributed by atoms with Crippen molar-refractivity contribution in [3.63, 3.8) is 0 Å². The Balaban J connectivity index is 3.06. The summed E-state index contributed by atoms with van der Waals surface area (Å²) in [5, 5.41) is 8.98. The molecule has 0 aromatic heterocycles. The molecule has 72 valence electrons. The predicted octanol–water partition coefficient (Wildman–Crippen LogP) is 2.54.